The Kier molecular flexibility index (Phi) is 4.20. The van der Waals surface area contributed by atoms with Crippen LogP contribution in [-0.4, -0.2) is 5.11 Å². The first-order valence-corrected chi connectivity index (χ1v) is 6.62. The third kappa shape index (κ3) is 2.52. The minimum atomic E-state index is 0.0455. The zero-order chi connectivity index (χ0) is 13.4. The van der Waals surface area contributed by atoms with E-state index in [1.165, 1.54) is 18.2 Å². The standard InChI is InChI=1S/C12H5Cl5O/c13-7-3-5(18)1-2-6(7)10-11(16)8(14)4-9(15)12(10)17/h1-4,18H. The second kappa shape index (κ2) is 5.36. The van der Waals surface area contributed by atoms with Gasteiger partial charge in [-0.05, 0) is 24.3 Å². The zero-order valence-electron chi connectivity index (χ0n) is 8.65. The molecule has 0 aliphatic rings. The molecule has 0 aliphatic carbocycles. The van der Waals surface area contributed by atoms with E-state index in [0.29, 0.717) is 16.1 Å². The van der Waals surface area contributed by atoms with Crippen LogP contribution in [0.2, 0.25) is 25.1 Å². The van der Waals surface area contributed by atoms with E-state index in [-0.39, 0.29) is 25.8 Å². The number of aromatic hydroxyl groups is 1. The molecule has 0 heterocycles. The van der Waals surface area contributed by atoms with Crippen LogP contribution in [0.4, 0.5) is 0 Å². The smallest absolute Gasteiger partial charge is 0.117 e. The molecule has 2 aromatic carbocycles. The topological polar surface area (TPSA) is 20.2 Å². The van der Waals surface area contributed by atoms with Crippen molar-refractivity contribution in [2.75, 3.05) is 0 Å². The van der Waals surface area contributed by atoms with Gasteiger partial charge in [0.1, 0.15) is 5.75 Å². The molecule has 2 aromatic rings. The molecule has 0 radical (unpaired) electrons. The van der Waals surface area contributed by atoms with E-state index in [2.05, 4.69) is 0 Å². The first-order chi connectivity index (χ1) is 8.41. The summed E-state index contributed by atoms with van der Waals surface area (Å²) in [6, 6.07) is 5.92. The summed E-state index contributed by atoms with van der Waals surface area (Å²) in [7, 11) is 0. The molecule has 0 aliphatic heterocycles. The zero-order valence-corrected chi connectivity index (χ0v) is 12.4. The molecule has 94 valence electrons. The van der Waals surface area contributed by atoms with Gasteiger partial charge in [0.25, 0.3) is 0 Å². The van der Waals surface area contributed by atoms with Crippen molar-refractivity contribution >= 4 is 58.0 Å². The normalized spacial score (nSPS) is 10.7. The van der Waals surface area contributed by atoms with E-state index in [1.807, 2.05) is 0 Å². The molecule has 0 saturated carbocycles. The Morgan fingerprint density at radius 2 is 1.28 bits per heavy atom. The van der Waals surface area contributed by atoms with E-state index < -0.39 is 0 Å². The van der Waals surface area contributed by atoms with E-state index in [4.69, 9.17) is 58.0 Å². The molecular weight excluding hydrogens is 337 g/mol. The molecule has 0 atom stereocenters. The lowest BCUT2D eigenvalue weighted by molar-refractivity contribution is 0.475. The molecule has 0 fully saturated rings. The van der Waals surface area contributed by atoms with Crippen LogP contribution in [0.1, 0.15) is 0 Å². The van der Waals surface area contributed by atoms with Crippen LogP contribution >= 0.6 is 58.0 Å². The minimum absolute atomic E-state index is 0.0455. The van der Waals surface area contributed by atoms with Crippen LogP contribution in [0.3, 0.4) is 0 Å². The molecular formula is C12H5Cl5O. The molecule has 0 amide bonds. The van der Waals surface area contributed by atoms with Crippen LogP contribution in [0.25, 0.3) is 11.1 Å². The SMILES string of the molecule is Oc1ccc(-c2c(Cl)c(Cl)cc(Cl)c2Cl)c(Cl)c1. The van der Waals surface area contributed by atoms with Gasteiger partial charge in [0.05, 0.1) is 25.1 Å². The fourth-order valence-corrected chi connectivity index (χ4v) is 2.80. The fraction of sp³-hybridized carbons (Fsp3) is 0. The van der Waals surface area contributed by atoms with Crippen LogP contribution in [0.5, 0.6) is 5.75 Å². The van der Waals surface area contributed by atoms with Crippen molar-refractivity contribution in [1.82, 2.24) is 0 Å². The maximum atomic E-state index is 9.33. The Hall–Kier alpha value is -0.310. The van der Waals surface area contributed by atoms with Gasteiger partial charge in [-0.25, -0.2) is 0 Å². The van der Waals surface area contributed by atoms with Gasteiger partial charge in [-0.3, -0.25) is 0 Å². The van der Waals surface area contributed by atoms with Crippen molar-refractivity contribution in [3.63, 3.8) is 0 Å². The van der Waals surface area contributed by atoms with Gasteiger partial charge in [0.15, 0.2) is 0 Å². The summed E-state index contributed by atoms with van der Waals surface area (Å²) < 4.78 is 0. The van der Waals surface area contributed by atoms with E-state index in [0.717, 1.165) is 0 Å². The van der Waals surface area contributed by atoms with Crippen molar-refractivity contribution in [2.24, 2.45) is 0 Å². The quantitative estimate of drug-likeness (QED) is 0.601. The Morgan fingerprint density at radius 3 is 1.78 bits per heavy atom. The van der Waals surface area contributed by atoms with Crippen molar-refractivity contribution in [1.29, 1.82) is 0 Å². The largest absolute Gasteiger partial charge is 0.508 e. The first-order valence-electron chi connectivity index (χ1n) is 4.73. The number of benzene rings is 2. The highest BCUT2D eigenvalue weighted by Crippen LogP contribution is 2.45. The number of phenols is 1. The summed E-state index contributed by atoms with van der Waals surface area (Å²) in [6.45, 7) is 0. The molecule has 0 unspecified atom stereocenters. The molecule has 0 spiro atoms. The van der Waals surface area contributed by atoms with E-state index in [1.54, 1.807) is 6.07 Å². The molecule has 0 saturated heterocycles. The predicted molar refractivity (Wildman–Crippen MR) is 78.6 cm³/mol. The summed E-state index contributed by atoms with van der Waals surface area (Å²) in [6.07, 6.45) is 0. The summed E-state index contributed by atoms with van der Waals surface area (Å²) in [5.41, 5.74) is 0.995. The van der Waals surface area contributed by atoms with Crippen LogP contribution in [0, 0.1) is 0 Å². The molecule has 2 rings (SSSR count). The van der Waals surface area contributed by atoms with Crippen LogP contribution in [0.15, 0.2) is 24.3 Å². The van der Waals surface area contributed by atoms with Crippen LogP contribution < -0.4 is 0 Å². The average Bonchev–Trinajstić information content (AvgIpc) is 2.29. The predicted octanol–water partition coefficient (Wildman–Crippen LogP) is 6.33. The number of hydrogen-bond donors (Lipinski definition) is 1. The molecule has 18 heavy (non-hydrogen) atoms. The summed E-state index contributed by atoms with van der Waals surface area (Å²) in [5, 5.41) is 10.7. The molecule has 1 nitrogen and oxygen atoms in total. The van der Waals surface area contributed by atoms with Gasteiger partial charge in [0, 0.05) is 11.1 Å². The minimum Gasteiger partial charge on any atom is -0.508 e. The third-order valence-corrected chi connectivity index (χ3v) is 4.22. The number of hydrogen-bond acceptors (Lipinski definition) is 1. The Bertz CT molecular complexity index is 598. The monoisotopic (exact) mass is 340 g/mol. The number of phenolic OH excluding ortho intramolecular Hbond substituents is 1. The Labute approximate surface area is 129 Å². The van der Waals surface area contributed by atoms with Gasteiger partial charge in [-0.15, -0.1) is 0 Å². The Balaban J connectivity index is 2.78. The van der Waals surface area contributed by atoms with Crippen LogP contribution in [-0.2, 0) is 0 Å². The molecule has 0 bridgehead atoms. The lowest BCUT2D eigenvalue weighted by Gasteiger charge is -2.12. The lowest BCUT2D eigenvalue weighted by Crippen LogP contribution is -1.86. The maximum absolute atomic E-state index is 9.33. The van der Waals surface area contributed by atoms with Gasteiger partial charge in [-0.2, -0.15) is 0 Å². The second-order valence-electron chi connectivity index (χ2n) is 3.51. The first kappa shape index (κ1) is 14.1. The Morgan fingerprint density at radius 1 is 0.722 bits per heavy atom. The molecule has 1 N–H and O–H groups in total. The summed E-state index contributed by atoms with van der Waals surface area (Å²) >= 11 is 30.2. The van der Waals surface area contributed by atoms with E-state index >= 15 is 0 Å². The van der Waals surface area contributed by atoms with E-state index in [9.17, 15) is 5.11 Å². The average molecular weight is 342 g/mol. The van der Waals surface area contributed by atoms with Gasteiger partial charge < -0.3 is 5.11 Å². The highest BCUT2D eigenvalue weighted by atomic mass is 35.5. The fourth-order valence-electron chi connectivity index (χ4n) is 1.52. The molecule has 6 heteroatoms. The van der Waals surface area contributed by atoms with Gasteiger partial charge >= 0.3 is 0 Å². The maximum Gasteiger partial charge on any atom is 0.117 e. The molecule has 0 aromatic heterocycles. The third-order valence-electron chi connectivity index (χ3n) is 2.33. The number of rotatable bonds is 1. The van der Waals surface area contributed by atoms with Gasteiger partial charge in [0.2, 0.25) is 0 Å². The van der Waals surface area contributed by atoms with Crippen molar-refractivity contribution in [3.8, 4) is 16.9 Å². The summed E-state index contributed by atoms with van der Waals surface area (Å²) in [5.74, 6) is 0.0455. The summed E-state index contributed by atoms with van der Waals surface area (Å²) in [4.78, 5) is 0. The second-order valence-corrected chi connectivity index (χ2v) is 5.48. The highest BCUT2D eigenvalue weighted by molar-refractivity contribution is 6.50. The van der Waals surface area contributed by atoms with Gasteiger partial charge in [-0.1, -0.05) is 58.0 Å². The van der Waals surface area contributed by atoms with Crippen molar-refractivity contribution in [2.45, 2.75) is 0 Å². The van der Waals surface area contributed by atoms with Crippen molar-refractivity contribution in [3.05, 3.63) is 49.4 Å². The van der Waals surface area contributed by atoms with Crippen molar-refractivity contribution < 1.29 is 5.11 Å². The number of halogens is 5. The lowest BCUT2D eigenvalue weighted by atomic mass is 10.1. The highest BCUT2D eigenvalue weighted by Gasteiger charge is 2.17.